The third-order valence-electron chi connectivity index (χ3n) is 3.00. The van der Waals surface area contributed by atoms with Crippen LogP contribution in [0, 0.1) is 0 Å². The van der Waals surface area contributed by atoms with Crippen molar-refractivity contribution in [2.24, 2.45) is 0 Å². The maximum atomic E-state index is 11.5. The number of aromatic amines is 1. The second-order valence-electron chi connectivity index (χ2n) is 4.42. The van der Waals surface area contributed by atoms with Gasteiger partial charge in [-0.2, -0.15) is 0 Å². The van der Waals surface area contributed by atoms with Crippen LogP contribution in [0.3, 0.4) is 0 Å². The monoisotopic (exact) mass is 237 g/mol. The Bertz CT molecular complexity index is 424. The molecule has 1 fully saturated rings. The molecule has 0 amide bonds. The van der Waals surface area contributed by atoms with Gasteiger partial charge in [-0.3, -0.25) is 4.79 Å². The van der Waals surface area contributed by atoms with Gasteiger partial charge in [-0.1, -0.05) is 6.92 Å². The number of ether oxygens (including phenoxy) is 1. The first-order chi connectivity index (χ1) is 8.19. The summed E-state index contributed by atoms with van der Waals surface area (Å²) in [5.41, 5.74) is -0.0916. The Balaban J connectivity index is 2.09. The minimum absolute atomic E-state index is 0.0916. The molecule has 1 aromatic rings. The van der Waals surface area contributed by atoms with Crippen LogP contribution in [0.15, 0.2) is 10.9 Å². The summed E-state index contributed by atoms with van der Waals surface area (Å²) in [6, 6.07) is 1.54. The van der Waals surface area contributed by atoms with Gasteiger partial charge < -0.3 is 14.6 Å². The molecule has 0 bridgehead atoms. The van der Waals surface area contributed by atoms with Crippen LogP contribution in [-0.4, -0.2) is 36.3 Å². The van der Waals surface area contributed by atoms with E-state index >= 15 is 0 Å². The van der Waals surface area contributed by atoms with E-state index in [9.17, 15) is 4.79 Å². The smallest absolute Gasteiger partial charge is 0.252 e. The molecule has 2 rings (SSSR count). The molecule has 1 aliphatic rings. The average molecular weight is 237 g/mol. The largest absolute Gasteiger partial charge is 0.376 e. The maximum absolute atomic E-state index is 11.5. The van der Waals surface area contributed by atoms with E-state index in [-0.39, 0.29) is 11.7 Å². The zero-order valence-electron chi connectivity index (χ0n) is 10.4. The summed E-state index contributed by atoms with van der Waals surface area (Å²) in [5, 5.41) is 0. The molecule has 5 heteroatoms. The van der Waals surface area contributed by atoms with Crippen molar-refractivity contribution in [2.75, 3.05) is 25.1 Å². The molecule has 0 saturated carbocycles. The molecule has 17 heavy (non-hydrogen) atoms. The fourth-order valence-corrected chi connectivity index (χ4v) is 2.04. The molecular formula is C12H19N3O2. The first-order valence-electron chi connectivity index (χ1n) is 6.12. The summed E-state index contributed by atoms with van der Waals surface area (Å²) in [7, 11) is 1.95. The quantitative estimate of drug-likeness (QED) is 0.847. The van der Waals surface area contributed by atoms with Crippen LogP contribution in [0.25, 0.3) is 0 Å². The Kier molecular flexibility index (Phi) is 3.78. The number of aromatic nitrogens is 2. The van der Waals surface area contributed by atoms with Crippen molar-refractivity contribution >= 4 is 5.82 Å². The second-order valence-corrected chi connectivity index (χ2v) is 4.42. The lowest BCUT2D eigenvalue weighted by atomic mass is 10.2. The third kappa shape index (κ3) is 3.06. The van der Waals surface area contributed by atoms with E-state index < -0.39 is 0 Å². The fraction of sp³-hybridized carbons (Fsp3) is 0.667. The van der Waals surface area contributed by atoms with Crippen molar-refractivity contribution in [1.82, 2.24) is 9.97 Å². The van der Waals surface area contributed by atoms with Crippen molar-refractivity contribution < 1.29 is 4.74 Å². The highest BCUT2D eigenvalue weighted by Crippen LogP contribution is 2.15. The van der Waals surface area contributed by atoms with Crippen molar-refractivity contribution in [3.05, 3.63) is 22.2 Å². The predicted octanol–water partition coefficient (Wildman–Crippen LogP) is 0.948. The summed E-state index contributed by atoms with van der Waals surface area (Å²) >= 11 is 0. The Labute approximate surface area is 101 Å². The van der Waals surface area contributed by atoms with E-state index in [1.165, 1.54) is 6.07 Å². The van der Waals surface area contributed by atoms with Gasteiger partial charge in [-0.05, 0) is 12.8 Å². The van der Waals surface area contributed by atoms with Crippen LogP contribution in [0.1, 0.15) is 25.6 Å². The van der Waals surface area contributed by atoms with E-state index in [2.05, 4.69) is 9.97 Å². The molecule has 1 atom stereocenters. The van der Waals surface area contributed by atoms with Gasteiger partial charge in [0.1, 0.15) is 11.6 Å². The Morgan fingerprint density at radius 1 is 1.65 bits per heavy atom. The number of anilines is 1. The van der Waals surface area contributed by atoms with Gasteiger partial charge in [0.2, 0.25) is 0 Å². The van der Waals surface area contributed by atoms with Crippen LogP contribution in [-0.2, 0) is 11.2 Å². The van der Waals surface area contributed by atoms with Crippen LogP contribution in [0.4, 0.5) is 5.82 Å². The highest BCUT2D eigenvalue weighted by atomic mass is 16.5. The van der Waals surface area contributed by atoms with Gasteiger partial charge >= 0.3 is 0 Å². The van der Waals surface area contributed by atoms with Gasteiger partial charge in [-0.25, -0.2) is 4.98 Å². The molecule has 1 unspecified atom stereocenters. The molecule has 2 heterocycles. The Hall–Kier alpha value is -1.36. The maximum Gasteiger partial charge on any atom is 0.252 e. The molecule has 0 radical (unpaired) electrons. The normalized spacial score (nSPS) is 19.5. The zero-order valence-corrected chi connectivity index (χ0v) is 10.4. The van der Waals surface area contributed by atoms with Crippen LogP contribution in [0.5, 0.6) is 0 Å². The lowest BCUT2D eigenvalue weighted by Gasteiger charge is -2.21. The van der Waals surface area contributed by atoms with E-state index in [0.29, 0.717) is 0 Å². The van der Waals surface area contributed by atoms with Crippen molar-refractivity contribution in [3.63, 3.8) is 0 Å². The van der Waals surface area contributed by atoms with Crippen molar-refractivity contribution in [2.45, 2.75) is 32.3 Å². The minimum atomic E-state index is -0.0916. The number of H-pyrrole nitrogens is 1. The molecule has 1 aliphatic heterocycles. The molecule has 94 valence electrons. The molecular weight excluding hydrogens is 218 g/mol. The first-order valence-corrected chi connectivity index (χ1v) is 6.12. The lowest BCUT2D eigenvalue weighted by Crippen LogP contribution is -2.30. The van der Waals surface area contributed by atoms with Crippen molar-refractivity contribution in [3.8, 4) is 0 Å². The summed E-state index contributed by atoms with van der Waals surface area (Å²) in [4.78, 5) is 20.6. The van der Waals surface area contributed by atoms with Crippen LogP contribution >= 0.6 is 0 Å². The standard InChI is InChI=1S/C12H19N3O2/c1-3-10-13-11(7-12(16)14-10)15(2)8-9-5-4-6-17-9/h7,9H,3-6,8H2,1-2H3,(H,13,14,16). The van der Waals surface area contributed by atoms with Gasteiger partial charge in [0.25, 0.3) is 5.56 Å². The Morgan fingerprint density at radius 2 is 2.47 bits per heavy atom. The summed E-state index contributed by atoms with van der Waals surface area (Å²) in [5.74, 6) is 1.45. The summed E-state index contributed by atoms with van der Waals surface area (Å²) in [6.45, 7) is 3.61. The van der Waals surface area contributed by atoms with E-state index in [1.807, 2.05) is 18.9 Å². The highest BCUT2D eigenvalue weighted by Gasteiger charge is 2.18. The van der Waals surface area contributed by atoms with Gasteiger partial charge in [0.05, 0.1) is 6.10 Å². The van der Waals surface area contributed by atoms with Gasteiger partial charge in [0.15, 0.2) is 0 Å². The number of likely N-dealkylation sites (N-methyl/N-ethyl adjacent to an activating group) is 1. The van der Waals surface area contributed by atoms with Crippen LogP contribution in [0.2, 0.25) is 0 Å². The fourth-order valence-electron chi connectivity index (χ4n) is 2.04. The SMILES string of the molecule is CCc1nc(N(C)CC2CCCO2)cc(=O)[nH]1. The van der Waals surface area contributed by atoms with E-state index in [0.717, 1.165) is 44.1 Å². The number of aryl methyl sites for hydroxylation is 1. The molecule has 1 N–H and O–H groups in total. The second kappa shape index (κ2) is 5.31. The van der Waals surface area contributed by atoms with Gasteiger partial charge in [0, 0.05) is 32.7 Å². The van der Waals surface area contributed by atoms with E-state index in [4.69, 9.17) is 4.74 Å². The number of nitrogens with zero attached hydrogens (tertiary/aromatic N) is 2. The molecule has 1 aromatic heterocycles. The molecule has 1 saturated heterocycles. The highest BCUT2D eigenvalue weighted by molar-refractivity contribution is 5.36. The third-order valence-corrected chi connectivity index (χ3v) is 3.00. The summed E-state index contributed by atoms with van der Waals surface area (Å²) in [6.07, 6.45) is 3.22. The van der Waals surface area contributed by atoms with E-state index in [1.54, 1.807) is 0 Å². The Morgan fingerprint density at radius 3 is 3.12 bits per heavy atom. The van der Waals surface area contributed by atoms with Gasteiger partial charge in [-0.15, -0.1) is 0 Å². The minimum Gasteiger partial charge on any atom is -0.376 e. The number of hydrogen-bond donors (Lipinski definition) is 1. The number of rotatable bonds is 4. The molecule has 5 nitrogen and oxygen atoms in total. The average Bonchev–Trinajstić information content (AvgIpc) is 2.81. The molecule has 0 spiro atoms. The molecule has 0 aromatic carbocycles. The molecule has 0 aliphatic carbocycles. The van der Waals surface area contributed by atoms with Crippen molar-refractivity contribution in [1.29, 1.82) is 0 Å². The zero-order chi connectivity index (χ0) is 12.3. The first kappa shape index (κ1) is 12.1. The number of nitrogens with one attached hydrogen (secondary N) is 1. The van der Waals surface area contributed by atoms with Crippen LogP contribution < -0.4 is 10.5 Å². The topological polar surface area (TPSA) is 58.2 Å². The lowest BCUT2D eigenvalue weighted by molar-refractivity contribution is 0.116. The predicted molar refractivity (Wildman–Crippen MR) is 66.5 cm³/mol. The summed E-state index contributed by atoms with van der Waals surface area (Å²) < 4.78 is 5.58. The number of hydrogen-bond acceptors (Lipinski definition) is 4.